The Morgan fingerprint density at radius 2 is 1.79 bits per heavy atom. The van der Waals surface area contributed by atoms with E-state index < -0.39 is 23.8 Å². The number of carbonyl (C=O) groups is 1. The molecule has 0 amide bonds. The molecule has 0 saturated heterocycles. The van der Waals surface area contributed by atoms with Gasteiger partial charge in [0.2, 0.25) is 0 Å². The average Bonchev–Trinajstić information content (AvgIpc) is 2.38. The molecule has 19 heavy (non-hydrogen) atoms. The molecule has 0 aliphatic heterocycles. The highest BCUT2D eigenvalue weighted by Gasteiger charge is 2.32. The molecule has 2 rings (SSSR count). The number of halogens is 3. The Kier molecular flexibility index (Phi) is 3.94. The summed E-state index contributed by atoms with van der Waals surface area (Å²) in [5.74, 6) is -0.482. The molecule has 1 aliphatic carbocycles. The van der Waals surface area contributed by atoms with E-state index in [4.69, 9.17) is 0 Å². The second kappa shape index (κ2) is 5.33. The van der Waals surface area contributed by atoms with Crippen LogP contribution in [0.2, 0.25) is 0 Å². The summed E-state index contributed by atoms with van der Waals surface area (Å²) in [6.45, 7) is 0. The third kappa shape index (κ3) is 3.15. The molecule has 1 aromatic rings. The van der Waals surface area contributed by atoms with Crippen molar-refractivity contribution in [3.63, 3.8) is 0 Å². The first-order valence-corrected chi connectivity index (χ1v) is 6.27. The van der Waals surface area contributed by atoms with Crippen molar-refractivity contribution in [3.05, 3.63) is 35.4 Å². The summed E-state index contributed by atoms with van der Waals surface area (Å²) in [5, 5.41) is 10.1. The van der Waals surface area contributed by atoms with E-state index in [1.807, 2.05) is 0 Å². The van der Waals surface area contributed by atoms with Crippen LogP contribution in [0.3, 0.4) is 0 Å². The lowest BCUT2D eigenvalue weighted by atomic mass is 9.81. The number of aliphatic hydroxyl groups is 1. The SMILES string of the molecule is O=C1CCCCC1C(O)c1ccc(C(F)(F)F)cc1. The van der Waals surface area contributed by atoms with Gasteiger partial charge in [0.1, 0.15) is 5.78 Å². The van der Waals surface area contributed by atoms with Crippen LogP contribution in [-0.4, -0.2) is 10.9 Å². The minimum absolute atomic E-state index is 0.00125. The fourth-order valence-electron chi connectivity index (χ4n) is 2.45. The van der Waals surface area contributed by atoms with Crippen molar-refractivity contribution >= 4 is 5.78 Å². The summed E-state index contributed by atoms with van der Waals surface area (Å²) in [4.78, 5) is 11.7. The fourth-order valence-corrected chi connectivity index (χ4v) is 2.45. The summed E-state index contributed by atoms with van der Waals surface area (Å²) in [5.41, 5.74) is -0.383. The molecule has 0 radical (unpaired) electrons. The second-order valence-corrected chi connectivity index (χ2v) is 4.88. The number of carbonyl (C=O) groups excluding carboxylic acids is 1. The summed E-state index contributed by atoms with van der Waals surface area (Å²) < 4.78 is 37.3. The van der Waals surface area contributed by atoms with E-state index in [1.54, 1.807) is 0 Å². The standard InChI is InChI=1S/C14H15F3O2/c15-14(16,17)10-7-5-9(6-8-10)13(19)11-3-1-2-4-12(11)18/h5-8,11,13,19H,1-4H2. The number of rotatable bonds is 2. The van der Waals surface area contributed by atoms with Crippen LogP contribution in [0.1, 0.15) is 42.9 Å². The Morgan fingerprint density at radius 3 is 2.32 bits per heavy atom. The van der Waals surface area contributed by atoms with E-state index in [0.717, 1.165) is 25.0 Å². The topological polar surface area (TPSA) is 37.3 Å². The molecule has 0 aromatic heterocycles. The molecule has 0 heterocycles. The third-order valence-corrected chi connectivity index (χ3v) is 3.56. The summed E-state index contributed by atoms with van der Waals surface area (Å²) in [6.07, 6.45) is -2.65. The Balaban J connectivity index is 2.15. The molecule has 2 unspecified atom stereocenters. The van der Waals surface area contributed by atoms with Crippen LogP contribution in [0, 0.1) is 5.92 Å². The van der Waals surface area contributed by atoms with Crippen LogP contribution in [-0.2, 0) is 11.0 Å². The fraction of sp³-hybridized carbons (Fsp3) is 0.500. The van der Waals surface area contributed by atoms with Crippen LogP contribution in [0.15, 0.2) is 24.3 Å². The molecule has 1 aliphatic rings. The number of alkyl halides is 3. The lowest BCUT2D eigenvalue weighted by Gasteiger charge is -2.25. The monoisotopic (exact) mass is 272 g/mol. The summed E-state index contributed by atoms with van der Waals surface area (Å²) in [7, 11) is 0. The highest BCUT2D eigenvalue weighted by atomic mass is 19.4. The zero-order valence-corrected chi connectivity index (χ0v) is 10.3. The zero-order chi connectivity index (χ0) is 14.0. The van der Waals surface area contributed by atoms with Crippen molar-refractivity contribution in [1.82, 2.24) is 0 Å². The molecule has 1 saturated carbocycles. The highest BCUT2D eigenvalue weighted by molar-refractivity contribution is 5.82. The van der Waals surface area contributed by atoms with E-state index in [0.29, 0.717) is 18.4 Å². The first-order valence-electron chi connectivity index (χ1n) is 6.27. The molecular formula is C14H15F3O2. The predicted octanol–water partition coefficient (Wildman–Crippen LogP) is 3.50. The van der Waals surface area contributed by atoms with Gasteiger partial charge >= 0.3 is 6.18 Å². The van der Waals surface area contributed by atoms with Gasteiger partial charge < -0.3 is 5.11 Å². The maximum absolute atomic E-state index is 12.4. The predicted molar refractivity (Wildman–Crippen MR) is 63.4 cm³/mol. The Labute approximate surface area is 109 Å². The molecule has 2 atom stereocenters. The number of hydrogen-bond acceptors (Lipinski definition) is 2. The molecule has 104 valence electrons. The van der Waals surface area contributed by atoms with Crippen LogP contribution in [0.5, 0.6) is 0 Å². The van der Waals surface area contributed by atoms with E-state index in [2.05, 4.69) is 0 Å². The number of benzene rings is 1. The van der Waals surface area contributed by atoms with Gasteiger partial charge in [0, 0.05) is 12.3 Å². The molecule has 2 nitrogen and oxygen atoms in total. The van der Waals surface area contributed by atoms with Crippen LogP contribution >= 0.6 is 0 Å². The Morgan fingerprint density at radius 1 is 1.16 bits per heavy atom. The van der Waals surface area contributed by atoms with Gasteiger partial charge in [-0.05, 0) is 30.5 Å². The van der Waals surface area contributed by atoms with Crippen molar-refractivity contribution in [2.24, 2.45) is 5.92 Å². The minimum atomic E-state index is -4.38. The smallest absolute Gasteiger partial charge is 0.388 e. The van der Waals surface area contributed by atoms with Gasteiger partial charge in [-0.3, -0.25) is 4.79 Å². The second-order valence-electron chi connectivity index (χ2n) is 4.88. The lowest BCUT2D eigenvalue weighted by Crippen LogP contribution is -2.25. The number of hydrogen-bond donors (Lipinski definition) is 1. The van der Waals surface area contributed by atoms with Gasteiger partial charge in [-0.15, -0.1) is 0 Å². The van der Waals surface area contributed by atoms with E-state index in [-0.39, 0.29) is 5.78 Å². The molecular weight excluding hydrogens is 257 g/mol. The Bertz CT molecular complexity index is 451. The maximum Gasteiger partial charge on any atom is 0.416 e. The molecule has 0 bridgehead atoms. The average molecular weight is 272 g/mol. The maximum atomic E-state index is 12.4. The normalized spacial score (nSPS) is 22.3. The van der Waals surface area contributed by atoms with Crippen LogP contribution < -0.4 is 0 Å². The molecule has 5 heteroatoms. The van der Waals surface area contributed by atoms with Gasteiger partial charge in [-0.1, -0.05) is 18.6 Å². The van der Waals surface area contributed by atoms with Gasteiger partial charge in [0.15, 0.2) is 0 Å². The Hall–Kier alpha value is -1.36. The minimum Gasteiger partial charge on any atom is -0.388 e. The highest BCUT2D eigenvalue weighted by Crippen LogP contribution is 2.34. The van der Waals surface area contributed by atoms with Gasteiger partial charge in [0.25, 0.3) is 0 Å². The van der Waals surface area contributed by atoms with Crippen LogP contribution in [0.4, 0.5) is 13.2 Å². The summed E-state index contributed by atoms with van der Waals surface area (Å²) in [6, 6.07) is 4.36. The van der Waals surface area contributed by atoms with Crippen molar-refractivity contribution in [3.8, 4) is 0 Å². The zero-order valence-electron chi connectivity index (χ0n) is 10.3. The molecule has 1 fully saturated rings. The quantitative estimate of drug-likeness (QED) is 0.894. The van der Waals surface area contributed by atoms with Gasteiger partial charge in [-0.2, -0.15) is 13.2 Å². The van der Waals surface area contributed by atoms with Crippen molar-refractivity contribution < 1.29 is 23.1 Å². The van der Waals surface area contributed by atoms with Crippen molar-refractivity contribution in [2.45, 2.75) is 38.0 Å². The molecule has 1 aromatic carbocycles. The van der Waals surface area contributed by atoms with E-state index >= 15 is 0 Å². The van der Waals surface area contributed by atoms with E-state index in [9.17, 15) is 23.1 Å². The largest absolute Gasteiger partial charge is 0.416 e. The lowest BCUT2D eigenvalue weighted by molar-refractivity contribution is -0.137. The van der Waals surface area contributed by atoms with Gasteiger partial charge in [0.05, 0.1) is 11.7 Å². The number of aliphatic hydroxyl groups excluding tert-OH is 1. The summed E-state index contributed by atoms with van der Waals surface area (Å²) >= 11 is 0. The van der Waals surface area contributed by atoms with Crippen molar-refractivity contribution in [1.29, 1.82) is 0 Å². The van der Waals surface area contributed by atoms with Gasteiger partial charge in [-0.25, -0.2) is 0 Å². The van der Waals surface area contributed by atoms with E-state index in [1.165, 1.54) is 12.1 Å². The first-order chi connectivity index (χ1) is 8.89. The van der Waals surface area contributed by atoms with Crippen molar-refractivity contribution in [2.75, 3.05) is 0 Å². The van der Waals surface area contributed by atoms with Crippen LogP contribution in [0.25, 0.3) is 0 Å². The third-order valence-electron chi connectivity index (χ3n) is 3.56. The number of ketones is 1. The molecule has 1 N–H and O–H groups in total. The first kappa shape index (κ1) is 14.1. The number of Topliss-reactive ketones (excluding diaryl/α,β-unsaturated/α-hetero) is 1. The molecule has 0 spiro atoms.